The molecule has 0 atom stereocenters. The summed E-state index contributed by atoms with van der Waals surface area (Å²) in [4.78, 5) is 11.1. The van der Waals surface area contributed by atoms with Crippen LogP contribution in [0.4, 0.5) is 0 Å². The van der Waals surface area contributed by atoms with E-state index in [-0.39, 0.29) is 12.4 Å². The van der Waals surface area contributed by atoms with E-state index in [9.17, 15) is 4.79 Å². The molecule has 0 aliphatic heterocycles. The molecular formula is C9H11BrO4. The molecule has 1 heterocycles. The zero-order valence-corrected chi connectivity index (χ0v) is 9.33. The number of esters is 1. The molecule has 1 N–H and O–H groups in total. The van der Waals surface area contributed by atoms with E-state index in [0.29, 0.717) is 18.6 Å². The van der Waals surface area contributed by atoms with Gasteiger partial charge in [0, 0.05) is 19.1 Å². The smallest absolute Gasteiger partial charge is 0.373 e. The minimum atomic E-state index is -0.499. The van der Waals surface area contributed by atoms with E-state index in [1.165, 1.54) is 7.11 Å². The Bertz CT molecular complexity index is 319. The second-order valence-corrected chi connectivity index (χ2v) is 3.55. The fourth-order valence-corrected chi connectivity index (χ4v) is 1.50. The van der Waals surface area contributed by atoms with Crippen LogP contribution in [0.2, 0.25) is 0 Å². The van der Waals surface area contributed by atoms with Crippen LogP contribution in [0.25, 0.3) is 0 Å². The molecule has 4 nitrogen and oxygen atoms in total. The lowest BCUT2D eigenvalue weighted by Crippen LogP contribution is -1.98. The number of halogens is 1. The lowest BCUT2D eigenvalue weighted by molar-refractivity contribution is 0.0563. The van der Waals surface area contributed by atoms with Crippen LogP contribution in [0.1, 0.15) is 22.7 Å². The van der Waals surface area contributed by atoms with Gasteiger partial charge in [0.2, 0.25) is 5.76 Å². The first-order chi connectivity index (χ1) is 6.69. The quantitative estimate of drug-likeness (QED) is 0.841. The second-order valence-electron chi connectivity index (χ2n) is 2.70. The van der Waals surface area contributed by atoms with Crippen LogP contribution in [0.5, 0.6) is 0 Å². The molecule has 0 amide bonds. The molecule has 0 saturated heterocycles. The number of ether oxygens (including phenoxy) is 1. The predicted octanol–water partition coefficient (Wildman–Crippen LogP) is 1.75. The Morgan fingerprint density at radius 1 is 1.71 bits per heavy atom. The van der Waals surface area contributed by atoms with Gasteiger partial charge in [-0.05, 0) is 22.4 Å². The third-order valence-electron chi connectivity index (χ3n) is 1.71. The van der Waals surface area contributed by atoms with Crippen molar-refractivity contribution in [1.29, 1.82) is 0 Å². The number of aliphatic hydroxyl groups excluding tert-OH is 1. The predicted molar refractivity (Wildman–Crippen MR) is 53.2 cm³/mol. The van der Waals surface area contributed by atoms with Crippen LogP contribution in [-0.4, -0.2) is 24.8 Å². The second kappa shape index (κ2) is 5.17. The molecule has 14 heavy (non-hydrogen) atoms. The molecule has 0 aliphatic rings. The Labute approximate surface area is 90.0 Å². The number of methoxy groups -OCH3 is 1. The molecule has 0 saturated carbocycles. The van der Waals surface area contributed by atoms with E-state index >= 15 is 0 Å². The average molecular weight is 263 g/mol. The Balaban J connectivity index is 2.76. The van der Waals surface area contributed by atoms with Crippen molar-refractivity contribution in [3.8, 4) is 0 Å². The molecule has 0 aromatic carbocycles. The van der Waals surface area contributed by atoms with Crippen molar-refractivity contribution in [2.24, 2.45) is 0 Å². The van der Waals surface area contributed by atoms with Gasteiger partial charge in [-0.2, -0.15) is 0 Å². The van der Waals surface area contributed by atoms with Gasteiger partial charge in [-0.1, -0.05) is 0 Å². The largest absolute Gasteiger partial charge is 0.463 e. The summed E-state index contributed by atoms with van der Waals surface area (Å²) in [6.07, 6.45) is 1.20. The molecule has 5 heteroatoms. The molecule has 0 radical (unpaired) electrons. The highest BCUT2D eigenvalue weighted by Crippen LogP contribution is 2.23. The monoisotopic (exact) mass is 262 g/mol. The first kappa shape index (κ1) is 11.3. The third kappa shape index (κ3) is 2.59. The van der Waals surface area contributed by atoms with Gasteiger partial charge in [0.25, 0.3) is 0 Å². The molecule has 0 unspecified atom stereocenters. The number of carbonyl (C=O) groups excluding carboxylic acids is 1. The Morgan fingerprint density at radius 3 is 3.00 bits per heavy atom. The van der Waals surface area contributed by atoms with Gasteiger partial charge in [0.15, 0.2) is 0 Å². The van der Waals surface area contributed by atoms with Crippen molar-refractivity contribution in [2.45, 2.75) is 12.8 Å². The van der Waals surface area contributed by atoms with Crippen molar-refractivity contribution >= 4 is 21.9 Å². The fourth-order valence-electron chi connectivity index (χ4n) is 1.02. The lowest BCUT2D eigenvalue weighted by Gasteiger charge is -1.95. The van der Waals surface area contributed by atoms with Gasteiger partial charge in [-0.25, -0.2) is 4.79 Å². The minimum Gasteiger partial charge on any atom is -0.463 e. The molecule has 0 aliphatic carbocycles. The van der Waals surface area contributed by atoms with Crippen LogP contribution < -0.4 is 0 Å². The van der Waals surface area contributed by atoms with E-state index in [4.69, 9.17) is 9.52 Å². The molecule has 0 spiro atoms. The Morgan fingerprint density at radius 2 is 2.43 bits per heavy atom. The van der Waals surface area contributed by atoms with Crippen LogP contribution >= 0.6 is 15.9 Å². The summed E-state index contributed by atoms with van der Waals surface area (Å²) in [5, 5.41) is 8.63. The van der Waals surface area contributed by atoms with Gasteiger partial charge in [0.05, 0.1) is 11.6 Å². The van der Waals surface area contributed by atoms with Gasteiger partial charge in [-0.15, -0.1) is 0 Å². The lowest BCUT2D eigenvalue weighted by atomic mass is 10.2. The first-order valence-corrected chi connectivity index (χ1v) is 4.95. The summed E-state index contributed by atoms with van der Waals surface area (Å²) >= 11 is 3.26. The zero-order valence-electron chi connectivity index (χ0n) is 7.75. The van der Waals surface area contributed by atoms with Crippen molar-refractivity contribution in [3.05, 3.63) is 22.1 Å². The van der Waals surface area contributed by atoms with Gasteiger partial charge < -0.3 is 14.3 Å². The van der Waals surface area contributed by atoms with E-state index in [2.05, 4.69) is 20.7 Å². The number of hydrogen-bond donors (Lipinski definition) is 1. The highest BCUT2D eigenvalue weighted by atomic mass is 79.9. The molecule has 1 aromatic heterocycles. The maximum Gasteiger partial charge on any atom is 0.373 e. The Hall–Kier alpha value is -0.810. The Kier molecular flexibility index (Phi) is 4.16. The molecule has 0 bridgehead atoms. The van der Waals surface area contributed by atoms with Crippen molar-refractivity contribution in [3.63, 3.8) is 0 Å². The third-order valence-corrected chi connectivity index (χ3v) is 2.38. The van der Waals surface area contributed by atoms with Gasteiger partial charge >= 0.3 is 5.97 Å². The van der Waals surface area contributed by atoms with Crippen molar-refractivity contribution < 1.29 is 19.1 Å². The highest BCUT2D eigenvalue weighted by molar-refractivity contribution is 9.10. The maximum atomic E-state index is 11.1. The fraction of sp³-hybridized carbons (Fsp3) is 0.444. The molecule has 1 aromatic rings. The number of carbonyl (C=O) groups is 1. The van der Waals surface area contributed by atoms with Gasteiger partial charge in [-0.3, -0.25) is 0 Å². The zero-order chi connectivity index (χ0) is 10.6. The van der Waals surface area contributed by atoms with Crippen molar-refractivity contribution in [2.75, 3.05) is 13.7 Å². The standard InChI is InChI=1S/C9H11BrO4/c1-13-9(12)8-5-6(10)7(14-8)3-2-4-11/h5,11H,2-4H2,1H3. The summed E-state index contributed by atoms with van der Waals surface area (Å²) in [5.41, 5.74) is 0. The highest BCUT2D eigenvalue weighted by Gasteiger charge is 2.14. The van der Waals surface area contributed by atoms with E-state index in [1.807, 2.05) is 0 Å². The molecular weight excluding hydrogens is 252 g/mol. The molecule has 1 rings (SSSR count). The molecule has 0 fully saturated rings. The van der Waals surface area contributed by atoms with Crippen LogP contribution in [0, 0.1) is 0 Å². The van der Waals surface area contributed by atoms with Crippen LogP contribution in [0.15, 0.2) is 15.0 Å². The van der Waals surface area contributed by atoms with E-state index < -0.39 is 5.97 Å². The number of furan rings is 1. The van der Waals surface area contributed by atoms with Crippen molar-refractivity contribution in [1.82, 2.24) is 0 Å². The summed E-state index contributed by atoms with van der Waals surface area (Å²) in [5.74, 6) is 0.327. The van der Waals surface area contributed by atoms with Crippen LogP contribution in [-0.2, 0) is 11.2 Å². The summed E-state index contributed by atoms with van der Waals surface area (Å²) in [6.45, 7) is 0.0979. The van der Waals surface area contributed by atoms with E-state index in [1.54, 1.807) is 6.07 Å². The summed E-state index contributed by atoms with van der Waals surface area (Å²) < 4.78 is 10.5. The topological polar surface area (TPSA) is 59.7 Å². The first-order valence-electron chi connectivity index (χ1n) is 4.16. The normalized spacial score (nSPS) is 10.2. The van der Waals surface area contributed by atoms with Crippen LogP contribution in [0.3, 0.4) is 0 Å². The SMILES string of the molecule is COC(=O)c1cc(Br)c(CCCO)o1. The maximum absolute atomic E-state index is 11.1. The minimum absolute atomic E-state index is 0.0979. The summed E-state index contributed by atoms with van der Waals surface area (Å²) in [6, 6.07) is 1.57. The summed E-state index contributed by atoms with van der Waals surface area (Å²) in [7, 11) is 1.30. The van der Waals surface area contributed by atoms with Gasteiger partial charge in [0.1, 0.15) is 5.76 Å². The number of aliphatic hydroxyl groups is 1. The van der Waals surface area contributed by atoms with E-state index in [0.717, 1.165) is 4.47 Å². The number of aryl methyl sites for hydroxylation is 1. The molecule has 78 valence electrons. The number of hydrogen-bond acceptors (Lipinski definition) is 4. The average Bonchev–Trinajstić information content (AvgIpc) is 2.56. The number of rotatable bonds is 4.